The number of nitrogens with zero attached hydrogens (tertiary/aromatic N) is 2. The van der Waals surface area contributed by atoms with Crippen molar-refractivity contribution in [3.8, 4) is 0 Å². The highest BCUT2D eigenvalue weighted by Crippen LogP contribution is 2.21. The van der Waals surface area contributed by atoms with Crippen molar-refractivity contribution in [1.82, 2.24) is 15.2 Å². The molecule has 0 atom stereocenters. The molecule has 0 aliphatic carbocycles. The second-order valence-electron chi connectivity index (χ2n) is 3.83. The summed E-state index contributed by atoms with van der Waals surface area (Å²) in [7, 11) is 0. The van der Waals surface area contributed by atoms with E-state index in [-0.39, 0.29) is 5.82 Å². The van der Waals surface area contributed by atoms with Crippen molar-refractivity contribution in [3.63, 3.8) is 0 Å². The Morgan fingerprint density at radius 3 is 2.78 bits per heavy atom. The molecule has 0 spiro atoms. The van der Waals surface area contributed by atoms with Crippen LogP contribution < -0.4 is 5.73 Å². The molecule has 0 unspecified atom stereocenters. The number of benzene rings is 1. The van der Waals surface area contributed by atoms with Gasteiger partial charge in [-0.05, 0) is 37.2 Å². The van der Waals surface area contributed by atoms with E-state index in [1.807, 2.05) is 0 Å². The van der Waals surface area contributed by atoms with Crippen LogP contribution in [0.4, 0.5) is 4.39 Å². The van der Waals surface area contributed by atoms with E-state index in [9.17, 15) is 4.39 Å². The number of nitrogens with two attached hydrogens (primary N) is 1. The molecule has 1 heterocycles. The summed E-state index contributed by atoms with van der Waals surface area (Å²) in [5.74, 6) is 2.11. The Balaban J connectivity index is 1.86. The zero-order chi connectivity index (χ0) is 12.8. The first-order valence-electron chi connectivity index (χ1n) is 5.76. The van der Waals surface area contributed by atoms with Crippen molar-refractivity contribution in [3.05, 3.63) is 41.7 Å². The van der Waals surface area contributed by atoms with E-state index in [2.05, 4.69) is 15.2 Å². The zero-order valence-electron chi connectivity index (χ0n) is 9.90. The lowest BCUT2D eigenvalue weighted by Gasteiger charge is -1.98. The molecule has 0 fully saturated rings. The van der Waals surface area contributed by atoms with Crippen LogP contribution in [0.1, 0.15) is 18.1 Å². The van der Waals surface area contributed by atoms with Crippen LogP contribution in [0.15, 0.2) is 29.2 Å². The van der Waals surface area contributed by atoms with E-state index in [4.69, 9.17) is 5.73 Å². The number of halogens is 1. The van der Waals surface area contributed by atoms with E-state index in [0.29, 0.717) is 12.3 Å². The minimum Gasteiger partial charge on any atom is -0.330 e. The fourth-order valence-corrected chi connectivity index (χ4v) is 2.21. The molecular formula is C12H15FN4S. The predicted octanol–water partition coefficient (Wildman–Crippen LogP) is 2.13. The maximum absolute atomic E-state index is 12.7. The van der Waals surface area contributed by atoms with Crippen LogP contribution in [-0.4, -0.2) is 21.7 Å². The molecule has 0 aliphatic heterocycles. The number of hydrogen-bond donors (Lipinski definition) is 2. The lowest BCUT2D eigenvalue weighted by atomic mass is 10.3. The molecule has 0 radical (unpaired) electrons. The third-order valence-electron chi connectivity index (χ3n) is 2.37. The summed E-state index contributed by atoms with van der Waals surface area (Å²) in [5, 5.41) is 7.01. The molecule has 0 saturated carbocycles. The molecule has 1 aromatic carbocycles. The van der Waals surface area contributed by atoms with Crippen LogP contribution in [-0.2, 0) is 12.2 Å². The van der Waals surface area contributed by atoms with Gasteiger partial charge in [0.1, 0.15) is 11.6 Å². The monoisotopic (exact) mass is 266 g/mol. The predicted molar refractivity (Wildman–Crippen MR) is 69.7 cm³/mol. The average Bonchev–Trinajstić information content (AvgIpc) is 2.84. The average molecular weight is 266 g/mol. The first kappa shape index (κ1) is 13.0. The lowest BCUT2D eigenvalue weighted by Crippen LogP contribution is -2.01. The van der Waals surface area contributed by atoms with E-state index in [1.54, 1.807) is 23.9 Å². The van der Waals surface area contributed by atoms with Crippen LogP contribution in [0.3, 0.4) is 0 Å². The third-order valence-corrected chi connectivity index (χ3v) is 3.40. The SMILES string of the molecule is NCCCc1n[nH]c(CSc2ccc(F)cc2)n1. The van der Waals surface area contributed by atoms with Gasteiger partial charge in [0.05, 0.1) is 5.75 Å². The third kappa shape index (κ3) is 3.82. The number of hydrogen-bond acceptors (Lipinski definition) is 4. The van der Waals surface area contributed by atoms with E-state index < -0.39 is 0 Å². The van der Waals surface area contributed by atoms with Crippen LogP contribution in [0, 0.1) is 5.82 Å². The van der Waals surface area contributed by atoms with E-state index >= 15 is 0 Å². The first-order valence-corrected chi connectivity index (χ1v) is 6.75. The number of thioether (sulfide) groups is 1. The molecule has 4 nitrogen and oxygen atoms in total. The summed E-state index contributed by atoms with van der Waals surface area (Å²) in [6.45, 7) is 0.647. The quantitative estimate of drug-likeness (QED) is 0.786. The molecule has 0 amide bonds. The van der Waals surface area contributed by atoms with Gasteiger partial charge in [-0.15, -0.1) is 11.8 Å². The van der Waals surface area contributed by atoms with Crippen molar-refractivity contribution in [2.24, 2.45) is 5.73 Å². The molecule has 0 bridgehead atoms. The Hall–Kier alpha value is -1.40. The standard InChI is InChI=1S/C12H15FN4S/c13-9-3-5-10(6-4-9)18-8-12-15-11(16-17-12)2-1-7-14/h3-6H,1-2,7-8,14H2,(H,15,16,17). The van der Waals surface area contributed by atoms with Gasteiger partial charge in [0.25, 0.3) is 0 Å². The number of aromatic amines is 1. The molecule has 2 aromatic rings. The maximum atomic E-state index is 12.7. The number of rotatable bonds is 6. The molecule has 18 heavy (non-hydrogen) atoms. The molecule has 1 aromatic heterocycles. The number of nitrogens with one attached hydrogen (secondary N) is 1. The number of aryl methyl sites for hydroxylation is 1. The summed E-state index contributed by atoms with van der Waals surface area (Å²) in [4.78, 5) is 5.37. The second kappa shape index (κ2) is 6.51. The highest BCUT2D eigenvalue weighted by molar-refractivity contribution is 7.98. The summed E-state index contributed by atoms with van der Waals surface area (Å²) in [6.07, 6.45) is 1.69. The van der Waals surface area contributed by atoms with Crippen molar-refractivity contribution in [1.29, 1.82) is 0 Å². The maximum Gasteiger partial charge on any atom is 0.150 e. The van der Waals surface area contributed by atoms with Gasteiger partial charge in [-0.3, -0.25) is 5.10 Å². The number of aromatic nitrogens is 3. The molecular weight excluding hydrogens is 251 g/mol. The minimum atomic E-state index is -0.219. The fourth-order valence-electron chi connectivity index (χ4n) is 1.45. The van der Waals surface area contributed by atoms with E-state index in [0.717, 1.165) is 29.4 Å². The van der Waals surface area contributed by atoms with Crippen molar-refractivity contribution in [2.75, 3.05) is 6.54 Å². The molecule has 2 rings (SSSR count). The molecule has 3 N–H and O–H groups in total. The Morgan fingerprint density at radius 2 is 2.06 bits per heavy atom. The summed E-state index contributed by atoms with van der Waals surface area (Å²) < 4.78 is 12.7. The van der Waals surface area contributed by atoms with Crippen LogP contribution in [0.5, 0.6) is 0 Å². The van der Waals surface area contributed by atoms with Gasteiger partial charge in [0.2, 0.25) is 0 Å². The largest absolute Gasteiger partial charge is 0.330 e. The summed E-state index contributed by atoms with van der Waals surface area (Å²) in [6, 6.07) is 6.42. The smallest absolute Gasteiger partial charge is 0.150 e. The van der Waals surface area contributed by atoms with Gasteiger partial charge in [0.15, 0.2) is 5.82 Å². The van der Waals surface area contributed by atoms with Crippen molar-refractivity contribution >= 4 is 11.8 Å². The Labute approximate surface area is 109 Å². The van der Waals surface area contributed by atoms with Crippen molar-refractivity contribution in [2.45, 2.75) is 23.5 Å². The van der Waals surface area contributed by atoms with Gasteiger partial charge in [-0.1, -0.05) is 0 Å². The highest BCUT2D eigenvalue weighted by atomic mass is 32.2. The molecule has 0 saturated heterocycles. The molecule has 96 valence electrons. The highest BCUT2D eigenvalue weighted by Gasteiger charge is 2.03. The summed E-state index contributed by atoms with van der Waals surface area (Å²) >= 11 is 1.59. The normalized spacial score (nSPS) is 10.8. The van der Waals surface area contributed by atoms with Gasteiger partial charge in [-0.2, -0.15) is 5.10 Å². The van der Waals surface area contributed by atoms with Crippen LogP contribution in [0.2, 0.25) is 0 Å². The van der Waals surface area contributed by atoms with Crippen LogP contribution in [0.25, 0.3) is 0 Å². The first-order chi connectivity index (χ1) is 8.78. The van der Waals surface area contributed by atoms with Gasteiger partial charge in [-0.25, -0.2) is 9.37 Å². The Bertz CT molecular complexity index is 483. The van der Waals surface area contributed by atoms with Gasteiger partial charge >= 0.3 is 0 Å². The lowest BCUT2D eigenvalue weighted by molar-refractivity contribution is 0.626. The molecule has 6 heteroatoms. The fraction of sp³-hybridized carbons (Fsp3) is 0.333. The topological polar surface area (TPSA) is 67.6 Å². The van der Waals surface area contributed by atoms with Gasteiger partial charge in [0, 0.05) is 11.3 Å². The molecule has 0 aliphatic rings. The summed E-state index contributed by atoms with van der Waals surface area (Å²) in [5.41, 5.74) is 5.43. The number of H-pyrrole nitrogens is 1. The van der Waals surface area contributed by atoms with Crippen LogP contribution >= 0.6 is 11.8 Å². The Kier molecular flexibility index (Phi) is 4.72. The second-order valence-corrected chi connectivity index (χ2v) is 4.88. The zero-order valence-corrected chi connectivity index (χ0v) is 10.7. The van der Waals surface area contributed by atoms with Crippen molar-refractivity contribution < 1.29 is 4.39 Å². The van der Waals surface area contributed by atoms with Gasteiger partial charge < -0.3 is 5.73 Å². The van der Waals surface area contributed by atoms with E-state index in [1.165, 1.54) is 12.1 Å². The minimum absolute atomic E-state index is 0.219. The Morgan fingerprint density at radius 1 is 1.28 bits per heavy atom.